The summed E-state index contributed by atoms with van der Waals surface area (Å²) >= 11 is 0. The monoisotopic (exact) mass is 320 g/mol. The molecule has 0 unspecified atom stereocenters. The van der Waals surface area contributed by atoms with Gasteiger partial charge in [-0.3, -0.25) is 4.79 Å². The smallest absolute Gasteiger partial charge is 0.248 e. The van der Waals surface area contributed by atoms with Gasteiger partial charge in [-0.05, 0) is 79.6 Å². The first kappa shape index (κ1) is 15.4. The third-order valence-corrected chi connectivity index (χ3v) is 5.55. The van der Waals surface area contributed by atoms with Gasteiger partial charge in [-0.1, -0.05) is 30.3 Å². The summed E-state index contributed by atoms with van der Waals surface area (Å²) in [7, 11) is 0. The number of likely N-dealkylation sites (tertiary alicyclic amines) is 1. The van der Waals surface area contributed by atoms with Crippen molar-refractivity contribution in [2.45, 2.75) is 38.1 Å². The molecule has 1 heterocycles. The molecule has 1 atom stereocenters. The van der Waals surface area contributed by atoms with Crippen molar-refractivity contribution in [1.29, 1.82) is 0 Å². The molecule has 2 aromatic rings. The molecule has 1 aliphatic carbocycles. The highest BCUT2D eigenvalue weighted by atomic mass is 16.1. The zero-order valence-corrected chi connectivity index (χ0v) is 14.0. The van der Waals surface area contributed by atoms with Crippen molar-refractivity contribution in [3.05, 3.63) is 59.2 Å². The van der Waals surface area contributed by atoms with Crippen LogP contribution in [0.2, 0.25) is 0 Å². The molecule has 3 nitrogen and oxygen atoms in total. The highest BCUT2D eigenvalue weighted by Crippen LogP contribution is 2.30. The molecule has 0 radical (unpaired) electrons. The lowest BCUT2D eigenvalue weighted by Crippen LogP contribution is -2.37. The van der Waals surface area contributed by atoms with Crippen LogP contribution in [0.15, 0.2) is 42.5 Å². The van der Waals surface area contributed by atoms with Gasteiger partial charge in [-0.15, -0.1) is 0 Å². The lowest BCUT2D eigenvalue weighted by molar-refractivity contribution is 0.100. The summed E-state index contributed by atoms with van der Waals surface area (Å²) in [5, 5.41) is 0. The van der Waals surface area contributed by atoms with Crippen LogP contribution in [-0.4, -0.2) is 29.9 Å². The Kier molecular flexibility index (Phi) is 4.11. The molecule has 0 bridgehead atoms. The molecule has 4 rings (SSSR count). The molecule has 0 aromatic heterocycles. The minimum absolute atomic E-state index is 0.372. The van der Waals surface area contributed by atoms with E-state index in [2.05, 4.69) is 23.1 Å². The average molecular weight is 320 g/mol. The molecular weight excluding hydrogens is 296 g/mol. The minimum atomic E-state index is -0.372. The van der Waals surface area contributed by atoms with Gasteiger partial charge in [-0.25, -0.2) is 0 Å². The lowest BCUT2D eigenvalue weighted by Gasteiger charge is -2.32. The molecule has 2 aromatic carbocycles. The number of rotatable bonds is 3. The number of benzene rings is 2. The second-order valence-electron chi connectivity index (χ2n) is 7.07. The fraction of sp³-hybridized carbons (Fsp3) is 0.381. The van der Waals surface area contributed by atoms with Crippen LogP contribution < -0.4 is 5.73 Å². The molecule has 0 saturated carbocycles. The molecule has 2 N–H and O–H groups in total. The van der Waals surface area contributed by atoms with E-state index in [0.717, 1.165) is 18.0 Å². The second-order valence-corrected chi connectivity index (χ2v) is 7.07. The standard InChI is InChI=1S/C21H24N2O/c22-21(24)19-5-3-4-15(13-19)16-6-7-18-14-20(9-8-17(18)12-16)23-10-1-2-11-23/h3-7,12-13,20H,1-2,8-11,14H2,(H2,22,24)/t20-/m1/s1. The van der Waals surface area contributed by atoms with Crippen molar-refractivity contribution in [2.75, 3.05) is 13.1 Å². The fourth-order valence-corrected chi connectivity index (χ4v) is 4.19. The van der Waals surface area contributed by atoms with Crippen LogP contribution in [0.4, 0.5) is 0 Å². The van der Waals surface area contributed by atoms with E-state index in [9.17, 15) is 4.79 Å². The molecule has 1 fully saturated rings. The molecule has 1 saturated heterocycles. The molecule has 1 aliphatic heterocycles. The highest BCUT2D eigenvalue weighted by Gasteiger charge is 2.26. The number of hydrogen-bond acceptors (Lipinski definition) is 2. The number of hydrogen-bond donors (Lipinski definition) is 1. The van der Waals surface area contributed by atoms with Crippen LogP contribution in [0.1, 0.15) is 40.7 Å². The van der Waals surface area contributed by atoms with E-state index in [-0.39, 0.29) is 5.91 Å². The maximum atomic E-state index is 11.4. The summed E-state index contributed by atoms with van der Waals surface area (Å²) in [5.74, 6) is -0.372. The lowest BCUT2D eigenvalue weighted by atomic mass is 9.85. The molecule has 124 valence electrons. The molecule has 2 aliphatic rings. The summed E-state index contributed by atoms with van der Waals surface area (Å²) < 4.78 is 0. The first-order valence-corrected chi connectivity index (χ1v) is 8.97. The van der Waals surface area contributed by atoms with Crippen molar-refractivity contribution in [1.82, 2.24) is 4.90 Å². The Morgan fingerprint density at radius 3 is 2.58 bits per heavy atom. The van der Waals surface area contributed by atoms with Crippen LogP contribution >= 0.6 is 0 Å². The molecule has 1 amide bonds. The van der Waals surface area contributed by atoms with Crippen molar-refractivity contribution in [3.8, 4) is 11.1 Å². The van der Waals surface area contributed by atoms with Gasteiger partial charge in [0, 0.05) is 11.6 Å². The van der Waals surface area contributed by atoms with Crippen LogP contribution in [0.25, 0.3) is 11.1 Å². The Bertz CT molecular complexity index is 762. The largest absolute Gasteiger partial charge is 0.366 e. The fourth-order valence-electron chi connectivity index (χ4n) is 4.19. The molecular formula is C21H24N2O. The summed E-state index contributed by atoms with van der Waals surface area (Å²) in [6.45, 7) is 2.55. The number of carbonyl (C=O) groups is 1. The van der Waals surface area contributed by atoms with Gasteiger partial charge in [0.05, 0.1) is 0 Å². The van der Waals surface area contributed by atoms with Crippen LogP contribution in [0, 0.1) is 0 Å². The zero-order chi connectivity index (χ0) is 16.5. The van der Waals surface area contributed by atoms with E-state index in [1.165, 1.54) is 55.5 Å². The molecule has 0 spiro atoms. The number of nitrogens with zero attached hydrogens (tertiary/aromatic N) is 1. The third kappa shape index (κ3) is 2.96. The first-order chi connectivity index (χ1) is 11.7. The summed E-state index contributed by atoms with van der Waals surface area (Å²) in [4.78, 5) is 14.1. The van der Waals surface area contributed by atoms with Crippen molar-refractivity contribution in [2.24, 2.45) is 5.73 Å². The Labute approximate surface area is 143 Å². The Morgan fingerprint density at radius 1 is 1.00 bits per heavy atom. The van der Waals surface area contributed by atoms with Gasteiger partial charge in [-0.2, -0.15) is 0 Å². The third-order valence-electron chi connectivity index (χ3n) is 5.55. The number of nitrogens with two attached hydrogens (primary N) is 1. The van der Waals surface area contributed by atoms with Gasteiger partial charge in [0.1, 0.15) is 0 Å². The minimum Gasteiger partial charge on any atom is -0.366 e. The average Bonchev–Trinajstić information content (AvgIpc) is 3.15. The maximum Gasteiger partial charge on any atom is 0.248 e. The SMILES string of the molecule is NC(=O)c1cccc(-c2ccc3c(c2)CC[C@@H](N2CCCC2)C3)c1. The van der Waals surface area contributed by atoms with E-state index in [1.54, 1.807) is 6.07 Å². The predicted molar refractivity (Wildman–Crippen MR) is 97.0 cm³/mol. The maximum absolute atomic E-state index is 11.4. The normalized spacial score (nSPS) is 20.8. The van der Waals surface area contributed by atoms with Crippen molar-refractivity contribution in [3.63, 3.8) is 0 Å². The highest BCUT2D eigenvalue weighted by molar-refractivity contribution is 5.94. The van der Waals surface area contributed by atoms with Gasteiger partial charge in [0.15, 0.2) is 0 Å². The summed E-state index contributed by atoms with van der Waals surface area (Å²) in [6, 6.07) is 15.1. The Morgan fingerprint density at radius 2 is 1.79 bits per heavy atom. The van der Waals surface area contributed by atoms with E-state index >= 15 is 0 Å². The second kappa shape index (κ2) is 6.40. The first-order valence-electron chi connectivity index (χ1n) is 8.97. The van der Waals surface area contributed by atoms with Crippen molar-refractivity contribution >= 4 is 5.91 Å². The van der Waals surface area contributed by atoms with E-state index in [1.807, 2.05) is 18.2 Å². The number of aryl methyl sites for hydroxylation is 1. The Balaban J connectivity index is 1.58. The Hall–Kier alpha value is -2.13. The van der Waals surface area contributed by atoms with E-state index in [4.69, 9.17) is 5.73 Å². The van der Waals surface area contributed by atoms with Gasteiger partial charge in [0.25, 0.3) is 0 Å². The number of fused-ring (bicyclic) bond motifs is 1. The van der Waals surface area contributed by atoms with Crippen LogP contribution in [-0.2, 0) is 12.8 Å². The summed E-state index contributed by atoms with van der Waals surface area (Å²) in [5.41, 5.74) is 11.2. The number of amides is 1. The van der Waals surface area contributed by atoms with E-state index < -0.39 is 0 Å². The molecule has 24 heavy (non-hydrogen) atoms. The van der Waals surface area contributed by atoms with Crippen LogP contribution in [0.3, 0.4) is 0 Å². The zero-order valence-electron chi connectivity index (χ0n) is 14.0. The number of primary amides is 1. The van der Waals surface area contributed by atoms with E-state index in [0.29, 0.717) is 5.56 Å². The topological polar surface area (TPSA) is 46.3 Å². The van der Waals surface area contributed by atoms with Crippen LogP contribution in [0.5, 0.6) is 0 Å². The van der Waals surface area contributed by atoms with Crippen molar-refractivity contribution < 1.29 is 4.79 Å². The quantitative estimate of drug-likeness (QED) is 0.942. The number of carbonyl (C=O) groups excluding carboxylic acids is 1. The van der Waals surface area contributed by atoms with Gasteiger partial charge in [0.2, 0.25) is 5.91 Å². The van der Waals surface area contributed by atoms with Gasteiger partial charge < -0.3 is 10.6 Å². The predicted octanol–water partition coefficient (Wildman–Crippen LogP) is 3.41. The molecule has 3 heteroatoms. The summed E-state index contributed by atoms with van der Waals surface area (Å²) in [6.07, 6.45) is 6.31. The van der Waals surface area contributed by atoms with Gasteiger partial charge >= 0.3 is 0 Å².